The lowest BCUT2D eigenvalue weighted by Gasteiger charge is -2.34. The highest BCUT2D eigenvalue weighted by Gasteiger charge is 2.28. The maximum Gasteiger partial charge on any atom is 0.165 e. The van der Waals surface area contributed by atoms with Crippen molar-refractivity contribution in [2.24, 2.45) is 5.92 Å². The summed E-state index contributed by atoms with van der Waals surface area (Å²) >= 11 is 0. The molecule has 1 aromatic heterocycles. The molecule has 0 amide bonds. The third kappa shape index (κ3) is 3.29. The topological polar surface area (TPSA) is 55.6 Å². The number of nitrogens with zero attached hydrogens (tertiary/aromatic N) is 4. The normalized spacial score (nSPS) is 16.6. The van der Waals surface area contributed by atoms with Gasteiger partial charge in [0.2, 0.25) is 0 Å². The predicted octanol–water partition coefficient (Wildman–Crippen LogP) is 2.71. The standard InChI is InChI=1S/C16H23N5/c1-2-11-21-15(18-19-20-21)12-17-16(14-9-6-10-14)13-7-4-3-5-8-13/h3-5,7-8,14,16-17H,2,6,9-12H2,1H3/t16-/m0/s1. The summed E-state index contributed by atoms with van der Waals surface area (Å²) in [6.45, 7) is 3.74. The summed E-state index contributed by atoms with van der Waals surface area (Å²) in [5.74, 6) is 1.67. The number of nitrogens with one attached hydrogen (secondary N) is 1. The van der Waals surface area contributed by atoms with E-state index in [9.17, 15) is 0 Å². The van der Waals surface area contributed by atoms with Gasteiger partial charge in [-0.05, 0) is 41.2 Å². The van der Waals surface area contributed by atoms with Crippen LogP contribution in [0.25, 0.3) is 0 Å². The van der Waals surface area contributed by atoms with E-state index in [1.54, 1.807) is 0 Å². The molecule has 0 spiro atoms. The van der Waals surface area contributed by atoms with Gasteiger partial charge in [-0.3, -0.25) is 0 Å². The van der Waals surface area contributed by atoms with E-state index in [4.69, 9.17) is 0 Å². The first-order chi connectivity index (χ1) is 10.4. The van der Waals surface area contributed by atoms with Gasteiger partial charge >= 0.3 is 0 Å². The number of aryl methyl sites for hydroxylation is 1. The van der Waals surface area contributed by atoms with Crippen LogP contribution in [0, 0.1) is 5.92 Å². The van der Waals surface area contributed by atoms with Gasteiger partial charge in [-0.25, -0.2) is 4.68 Å². The molecule has 5 nitrogen and oxygen atoms in total. The fourth-order valence-corrected chi connectivity index (χ4v) is 2.93. The molecule has 1 aliphatic carbocycles. The summed E-state index contributed by atoms with van der Waals surface area (Å²) in [6.07, 6.45) is 5.02. The molecule has 0 saturated heterocycles. The van der Waals surface area contributed by atoms with E-state index in [1.807, 2.05) is 4.68 Å². The molecule has 21 heavy (non-hydrogen) atoms. The molecule has 3 rings (SSSR count). The third-order valence-electron chi connectivity index (χ3n) is 4.30. The Hall–Kier alpha value is -1.75. The van der Waals surface area contributed by atoms with Gasteiger partial charge in [-0.15, -0.1) is 5.10 Å². The van der Waals surface area contributed by atoms with Gasteiger partial charge in [0.25, 0.3) is 0 Å². The van der Waals surface area contributed by atoms with Crippen LogP contribution in [0.5, 0.6) is 0 Å². The smallest absolute Gasteiger partial charge is 0.165 e. The van der Waals surface area contributed by atoms with E-state index in [2.05, 4.69) is 58.1 Å². The van der Waals surface area contributed by atoms with Crippen LogP contribution in [0.2, 0.25) is 0 Å². The quantitative estimate of drug-likeness (QED) is 0.850. The van der Waals surface area contributed by atoms with Crippen molar-refractivity contribution >= 4 is 0 Å². The molecule has 112 valence electrons. The van der Waals surface area contributed by atoms with Crippen LogP contribution in [0.15, 0.2) is 30.3 Å². The van der Waals surface area contributed by atoms with Crippen molar-refractivity contribution in [2.75, 3.05) is 0 Å². The largest absolute Gasteiger partial charge is 0.303 e. The summed E-state index contributed by atoms with van der Waals surface area (Å²) in [5.41, 5.74) is 1.37. The monoisotopic (exact) mass is 285 g/mol. The molecule has 1 N–H and O–H groups in total. The Bertz CT molecular complexity index is 547. The van der Waals surface area contributed by atoms with Crippen molar-refractivity contribution in [1.29, 1.82) is 0 Å². The van der Waals surface area contributed by atoms with Crippen LogP contribution < -0.4 is 5.32 Å². The Kier molecular flexibility index (Phi) is 4.60. The number of hydrogen-bond donors (Lipinski definition) is 1. The number of rotatable bonds is 7. The third-order valence-corrected chi connectivity index (χ3v) is 4.30. The minimum Gasteiger partial charge on any atom is -0.303 e. The minimum atomic E-state index is 0.409. The molecule has 5 heteroatoms. The zero-order valence-corrected chi connectivity index (χ0v) is 12.6. The van der Waals surface area contributed by atoms with Crippen molar-refractivity contribution in [3.8, 4) is 0 Å². The van der Waals surface area contributed by atoms with Crippen molar-refractivity contribution in [3.05, 3.63) is 41.7 Å². The second-order valence-corrected chi connectivity index (χ2v) is 5.78. The molecule has 1 fully saturated rings. The Morgan fingerprint density at radius 3 is 2.76 bits per heavy atom. The van der Waals surface area contributed by atoms with E-state index in [-0.39, 0.29) is 0 Å². The molecule has 0 aliphatic heterocycles. The average Bonchev–Trinajstić information content (AvgIpc) is 2.90. The molecule has 1 saturated carbocycles. The number of tetrazole rings is 1. The first kappa shape index (κ1) is 14.2. The highest BCUT2D eigenvalue weighted by atomic mass is 15.5. The number of hydrogen-bond acceptors (Lipinski definition) is 4. The lowest BCUT2D eigenvalue weighted by Crippen LogP contribution is -2.32. The lowest BCUT2D eigenvalue weighted by molar-refractivity contribution is 0.227. The molecule has 0 radical (unpaired) electrons. The van der Waals surface area contributed by atoms with Gasteiger partial charge in [0, 0.05) is 12.6 Å². The van der Waals surface area contributed by atoms with Crippen LogP contribution in [-0.2, 0) is 13.1 Å². The van der Waals surface area contributed by atoms with Gasteiger partial charge in [0.05, 0.1) is 6.54 Å². The predicted molar refractivity (Wildman–Crippen MR) is 81.5 cm³/mol. The van der Waals surface area contributed by atoms with E-state index in [0.29, 0.717) is 6.04 Å². The summed E-state index contributed by atoms with van der Waals surface area (Å²) in [6, 6.07) is 11.1. The summed E-state index contributed by atoms with van der Waals surface area (Å²) < 4.78 is 1.90. The van der Waals surface area contributed by atoms with Crippen molar-refractivity contribution in [2.45, 2.75) is 51.7 Å². The average molecular weight is 285 g/mol. The van der Waals surface area contributed by atoms with E-state index < -0.39 is 0 Å². The van der Waals surface area contributed by atoms with E-state index >= 15 is 0 Å². The molecular formula is C16H23N5. The van der Waals surface area contributed by atoms with Crippen molar-refractivity contribution in [3.63, 3.8) is 0 Å². The fraction of sp³-hybridized carbons (Fsp3) is 0.562. The first-order valence-corrected chi connectivity index (χ1v) is 7.92. The minimum absolute atomic E-state index is 0.409. The number of aromatic nitrogens is 4. The van der Waals surface area contributed by atoms with Crippen LogP contribution in [0.1, 0.15) is 50.0 Å². The molecule has 1 atom stereocenters. The summed E-state index contributed by atoms with van der Waals surface area (Å²) in [5, 5.41) is 15.7. The second kappa shape index (κ2) is 6.80. The molecule has 1 heterocycles. The molecular weight excluding hydrogens is 262 g/mol. The molecule has 0 bridgehead atoms. The van der Waals surface area contributed by atoms with E-state index in [0.717, 1.165) is 31.3 Å². The summed E-state index contributed by atoms with van der Waals surface area (Å²) in [7, 11) is 0. The Morgan fingerprint density at radius 1 is 1.29 bits per heavy atom. The second-order valence-electron chi connectivity index (χ2n) is 5.78. The zero-order chi connectivity index (χ0) is 14.5. The zero-order valence-electron chi connectivity index (χ0n) is 12.6. The van der Waals surface area contributed by atoms with Crippen molar-refractivity contribution in [1.82, 2.24) is 25.5 Å². The van der Waals surface area contributed by atoms with Crippen LogP contribution in [0.3, 0.4) is 0 Å². The van der Waals surface area contributed by atoms with Crippen LogP contribution in [0.4, 0.5) is 0 Å². The van der Waals surface area contributed by atoms with Crippen LogP contribution in [-0.4, -0.2) is 20.2 Å². The highest BCUT2D eigenvalue weighted by Crippen LogP contribution is 2.37. The van der Waals surface area contributed by atoms with Crippen molar-refractivity contribution < 1.29 is 0 Å². The molecule has 0 unspecified atom stereocenters. The lowest BCUT2D eigenvalue weighted by atomic mass is 9.77. The Balaban J connectivity index is 1.69. The van der Waals surface area contributed by atoms with Gasteiger partial charge in [-0.1, -0.05) is 43.7 Å². The molecule has 1 aromatic carbocycles. The molecule has 1 aliphatic rings. The maximum absolute atomic E-state index is 4.14. The SMILES string of the molecule is CCCn1nnnc1CN[C@@H](c1ccccc1)C1CCC1. The highest BCUT2D eigenvalue weighted by molar-refractivity contribution is 5.20. The summed E-state index contributed by atoms with van der Waals surface area (Å²) in [4.78, 5) is 0. The Labute approximate surface area is 125 Å². The fourth-order valence-electron chi connectivity index (χ4n) is 2.93. The van der Waals surface area contributed by atoms with Gasteiger partial charge in [0.1, 0.15) is 0 Å². The van der Waals surface area contributed by atoms with E-state index in [1.165, 1.54) is 24.8 Å². The van der Waals surface area contributed by atoms with Gasteiger partial charge in [-0.2, -0.15) is 0 Å². The van der Waals surface area contributed by atoms with Gasteiger partial charge in [0.15, 0.2) is 5.82 Å². The Morgan fingerprint density at radius 2 is 2.10 bits per heavy atom. The van der Waals surface area contributed by atoms with Crippen LogP contribution >= 0.6 is 0 Å². The van der Waals surface area contributed by atoms with Gasteiger partial charge < -0.3 is 5.32 Å². The maximum atomic E-state index is 4.14. The first-order valence-electron chi connectivity index (χ1n) is 7.92. The number of benzene rings is 1. The molecule has 2 aromatic rings.